The third-order valence-electron chi connectivity index (χ3n) is 3.07. The van der Waals surface area contributed by atoms with E-state index in [0.29, 0.717) is 6.04 Å². The summed E-state index contributed by atoms with van der Waals surface area (Å²) in [5.41, 5.74) is 1.18. The second kappa shape index (κ2) is 7.94. The van der Waals surface area contributed by atoms with E-state index in [1.165, 1.54) is 5.56 Å². The minimum absolute atomic E-state index is 0.401. The molecule has 1 heterocycles. The fraction of sp³-hybridized carbons (Fsp3) is 0.714. The fourth-order valence-corrected chi connectivity index (χ4v) is 2.00. The van der Waals surface area contributed by atoms with Crippen molar-refractivity contribution in [1.82, 2.24) is 14.9 Å². The molecule has 0 radical (unpaired) electrons. The van der Waals surface area contributed by atoms with Gasteiger partial charge in [-0.05, 0) is 40.4 Å². The number of hydrogen-bond acceptors (Lipinski definition) is 5. The average Bonchev–Trinajstić information content (AvgIpc) is 2.38. The lowest BCUT2D eigenvalue weighted by molar-refractivity contribution is 0.390. The molecule has 0 bridgehead atoms. The fourth-order valence-electron chi connectivity index (χ4n) is 2.00. The molecule has 0 amide bonds. The highest BCUT2D eigenvalue weighted by Crippen LogP contribution is 2.22. The lowest BCUT2D eigenvalue weighted by Crippen LogP contribution is -2.24. The van der Waals surface area contributed by atoms with Crippen LogP contribution in [0, 0.1) is 0 Å². The van der Waals surface area contributed by atoms with Crippen molar-refractivity contribution in [1.29, 1.82) is 0 Å². The van der Waals surface area contributed by atoms with Crippen LogP contribution in [0.3, 0.4) is 0 Å². The van der Waals surface area contributed by atoms with Crippen molar-refractivity contribution < 1.29 is 0 Å². The van der Waals surface area contributed by atoms with E-state index in [1.54, 1.807) is 6.33 Å². The van der Waals surface area contributed by atoms with Gasteiger partial charge >= 0.3 is 0 Å². The van der Waals surface area contributed by atoms with Gasteiger partial charge in [-0.2, -0.15) is 0 Å². The molecule has 0 spiro atoms. The number of hydrogen-bond donors (Lipinski definition) is 2. The third-order valence-corrected chi connectivity index (χ3v) is 3.07. The zero-order chi connectivity index (χ0) is 14.3. The topological polar surface area (TPSA) is 53.1 Å². The molecule has 19 heavy (non-hydrogen) atoms. The van der Waals surface area contributed by atoms with Crippen LogP contribution < -0.4 is 10.6 Å². The van der Waals surface area contributed by atoms with Crippen LogP contribution in [0.1, 0.15) is 32.3 Å². The lowest BCUT2D eigenvalue weighted by Gasteiger charge is -2.20. The third kappa shape index (κ3) is 5.03. The summed E-state index contributed by atoms with van der Waals surface area (Å²) in [7, 11) is 6.10. The Labute approximate surface area is 116 Å². The number of rotatable bonds is 8. The molecule has 2 N–H and O–H groups in total. The summed E-state index contributed by atoms with van der Waals surface area (Å²) in [5.74, 6) is 1.90. The molecule has 1 unspecified atom stereocenters. The smallest absolute Gasteiger partial charge is 0.134 e. The number of nitrogens with zero attached hydrogens (tertiary/aromatic N) is 3. The van der Waals surface area contributed by atoms with E-state index in [-0.39, 0.29) is 0 Å². The average molecular weight is 265 g/mol. The molecule has 5 heteroatoms. The van der Waals surface area contributed by atoms with Gasteiger partial charge in [0.1, 0.15) is 18.0 Å². The van der Waals surface area contributed by atoms with Crippen LogP contribution >= 0.6 is 0 Å². The molecule has 0 fully saturated rings. The monoisotopic (exact) mass is 265 g/mol. The molecule has 0 aromatic carbocycles. The summed E-state index contributed by atoms with van der Waals surface area (Å²) in [5, 5.41) is 6.65. The van der Waals surface area contributed by atoms with Gasteiger partial charge in [-0.1, -0.05) is 13.3 Å². The molecule has 0 aliphatic rings. The van der Waals surface area contributed by atoms with Gasteiger partial charge in [-0.3, -0.25) is 0 Å². The van der Waals surface area contributed by atoms with Crippen molar-refractivity contribution in [2.24, 2.45) is 0 Å². The maximum Gasteiger partial charge on any atom is 0.134 e. The summed E-state index contributed by atoms with van der Waals surface area (Å²) in [4.78, 5) is 10.9. The number of anilines is 2. The molecule has 0 saturated carbocycles. The molecule has 1 atom stereocenters. The van der Waals surface area contributed by atoms with E-state index >= 15 is 0 Å². The van der Waals surface area contributed by atoms with Gasteiger partial charge in [0, 0.05) is 18.7 Å². The summed E-state index contributed by atoms with van der Waals surface area (Å²) >= 11 is 0. The van der Waals surface area contributed by atoms with Crippen LogP contribution in [-0.4, -0.2) is 48.6 Å². The molecule has 108 valence electrons. The Hall–Kier alpha value is -1.36. The zero-order valence-corrected chi connectivity index (χ0v) is 12.8. The highest BCUT2D eigenvalue weighted by atomic mass is 15.1. The first-order valence-corrected chi connectivity index (χ1v) is 7.01. The van der Waals surface area contributed by atoms with Crippen molar-refractivity contribution in [3.05, 3.63) is 11.9 Å². The van der Waals surface area contributed by atoms with E-state index in [1.807, 2.05) is 7.05 Å². The van der Waals surface area contributed by atoms with Crippen molar-refractivity contribution >= 4 is 11.6 Å². The molecule has 0 saturated heterocycles. The van der Waals surface area contributed by atoms with Crippen molar-refractivity contribution in [3.8, 4) is 0 Å². The largest absolute Gasteiger partial charge is 0.373 e. The van der Waals surface area contributed by atoms with Gasteiger partial charge in [0.25, 0.3) is 0 Å². The normalized spacial score (nSPS) is 12.5. The molecule has 0 aliphatic carbocycles. The predicted octanol–water partition coefficient (Wildman–Crippen LogP) is 2.22. The van der Waals surface area contributed by atoms with E-state index in [9.17, 15) is 0 Å². The molecule has 1 aromatic heterocycles. The van der Waals surface area contributed by atoms with Crippen LogP contribution in [0.15, 0.2) is 6.33 Å². The van der Waals surface area contributed by atoms with E-state index in [4.69, 9.17) is 0 Å². The van der Waals surface area contributed by atoms with Crippen molar-refractivity contribution in [2.75, 3.05) is 38.3 Å². The van der Waals surface area contributed by atoms with Gasteiger partial charge in [0.05, 0.1) is 0 Å². The van der Waals surface area contributed by atoms with Gasteiger partial charge in [-0.15, -0.1) is 0 Å². The van der Waals surface area contributed by atoms with E-state index < -0.39 is 0 Å². The lowest BCUT2D eigenvalue weighted by atomic mass is 10.1. The van der Waals surface area contributed by atoms with Crippen LogP contribution in [0.2, 0.25) is 0 Å². The molecule has 1 aromatic rings. The molecule has 5 nitrogen and oxygen atoms in total. The highest BCUT2D eigenvalue weighted by molar-refractivity contribution is 5.57. The van der Waals surface area contributed by atoms with Crippen LogP contribution in [0.5, 0.6) is 0 Å². The first kappa shape index (κ1) is 15.7. The van der Waals surface area contributed by atoms with E-state index in [0.717, 1.165) is 37.4 Å². The van der Waals surface area contributed by atoms with Gasteiger partial charge in [0.2, 0.25) is 0 Å². The Bertz CT molecular complexity index is 378. The number of nitrogens with one attached hydrogen (secondary N) is 2. The van der Waals surface area contributed by atoms with Gasteiger partial charge in [-0.25, -0.2) is 9.97 Å². The first-order chi connectivity index (χ1) is 9.08. The SMILES string of the molecule is CCCc1c(NC)ncnc1NC(C)CCN(C)C. The van der Waals surface area contributed by atoms with E-state index in [2.05, 4.69) is 53.4 Å². The minimum atomic E-state index is 0.401. The summed E-state index contributed by atoms with van der Waals surface area (Å²) < 4.78 is 0. The Morgan fingerprint density at radius 1 is 1.26 bits per heavy atom. The highest BCUT2D eigenvalue weighted by Gasteiger charge is 2.12. The Balaban J connectivity index is 2.76. The first-order valence-electron chi connectivity index (χ1n) is 7.01. The molecule has 0 aliphatic heterocycles. The van der Waals surface area contributed by atoms with Gasteiger partial charge in [0.15, 0.2) is 0 Å². The standard InChI is InChI=1S/C14H27N5/c1-6-7-12-13(15-3)16-10-17-14(12)18-11(2)8-9-19(4)5/h10-11H,6-9H2,1-5H3,(H2,15,16,17,18). The quantitative estimate of drug-likeness (QED) is 0.755. The van der Waals surface area contributed by atoms with Crippen LogP contribution in [0.4, 0.5) is 11.6 Å². The Morgan fingerprint density at radius 3 is 2.53 bits per heavy atom. The van der Waals surface area contributed by atoms with Crippen molar-refractivity contribution in [3.63, 3.8) is 0 Å². The zero-order valence-electron chi connectivity index (χ0n) is 12.8. The Kier molecular flexibility index (Phi) is 6.56. The summed E-state index contributed by atoms with van der Waals surface area (Å²) in [6.07, 6.45) is 4.78. The molecule has 1 rings (SSSR count). The van der Waals surface area contributed by atoms with Crippen LogP contribution in [-0.2, 0) is 6.42 Å². The minimum Gasteiger partial charge on any atom is -0.373 e. The maximum atomic E-state index is 4.40. The van der Waals surface area contributed by atoms with Gasteiger partial charge < -0.3 is 15.5 Å². The predicted molar refractivity (Wildman–Crippen MR) is 81.8 cm³/mol. The van der Waals surface area contributed by atoms with Crippen molar-refractivity contribution in [2.45, 2.75) is 39.2 Å². The van der Waals surface area contributed by atoms with Crippen LogP contribution in [0.25, 0.3) is 0 Å². The number of aromatic nitrogens is 2. The maximum absolute atomic E-state index is 4.40. The molecular formula is C14H27N5. The second-order valence-corrected chi connectivity index (χ2v) is 5.19. The summed E-state index contributed by atoms with van der Waals surface area (Å²) in [6.45, 7) is 5.44. The summed E-state index contributed by atoms with van der Waals surface area (Å²) in [6, 6.07) is 0.401. The second-order valence-electron chi connectivity index (χ2n) is 5.19. The Morgan fingerprint density at radius 2 is 1.95 bits per heavy atom. The molecular weight excluding hydrogens is 238 g/mol.